The van der Waals surface area contributed by atoms with Gasteiger partial charge in [-0.3, -0.25) is 9.59 Å². The van der Waals surface area contributed by atoms with Crippen LogP contribution in [0.5, 0.6) is 5.75 Å². The summed E-state index contributed by atoms with van der Waals surface area (Å²) in [6, 6.07) is 9.66. The number of ketones is 1. The van der Waals surface area contributed by atoms with Crippen molar-refractivity contribution in [2.45, 2.75) is 32.6 Å². The van der Waals surface area contributed by atoms with E-state index in [0.29, 0.717) is 13.0 Å². The molecule has 0 saturated heterocycles. The van der Waals surface area contributed by atoms with Gasteiger partial charge < -0.3 is 9.47 Å². The molecular weight excluding hydrogens is 440 g/mol. The van der Waals surface area contributed by atoms with Gasteiger partial charge in [-0.05, 0) is 76.5 Å². The molecule has 1 aromatic carbocycles. The molecule has 1 aliphatic carbocycles. The summed E-state index contributed by atoms with van der Waals surface area (Å²) in [5, 5.41) is 1.98. The topological polar surface area (TPSA) is 52.6 Å². The Morgan fingerprint density at radius 3 is 2.57 bits per heavy atom. The van der Waals surface area contributed by atoms with Gasteiger partial charge in [0.25, 0.3) is 0 Å². The maximum atomic E-state index is 12.9. The van der Waals surface area contributed by atoms with E-state index in [0.717, 1.165) is 32.7 Å². The minimum atomic E-state index is -0.815. The number of allylic oxidation sites excluding steroid dienone is 2. The molecule has 3 rings (SSSR count). The molecule has 1 aromatic heterocycles. The Kier molecular flexibility index (Phi) is 7.08. The molecule has 2 aromatic rings. The summed E-state index contributed by atoms with van der Waals surface area (Å²) in [5.41, 5.74) is 1.89. The number of thiophene rings is 1. The fourth-order valence-electron chi connectivity index (χ4n) is 3.41. The van der Waals surface area contributed by atoms with Gasteiger partial charge in [0.05, 0.1) is 13.2 Å². The SMILES string of the molecule is CCCOc1ccc([C@@H]2CC(c3sccc3Br)=CC(=O)[C@H]2C(=O)OCC)cc1. The zero-order valence-electron chi connectivity index (χ0n) is 15.9. The Morgan fingerprint density at radius 1 is 1.21 bits per heavy atom. The Labute approximate surface area is 177 Å². The van der Waals surface area contributed by atoms with E-state index in [4.69, 9.17) is 9.47 Å². The van der Waals surface area contributed by atoms with Gasteiger partial charge in [-0.15, -0.1) is 11.3 Å². The summed E-state index contributed by atoms with van der Waals surface area (Å²) in [5.74, 6) is -0.941. The van der Waals surface area contributed by atoms with E-state index in [9.17, 15) is 9.59 Å². The third-order valence-electron chi connectivity index (χ3n) is 4.70. The summed E-state index contributed by atoms with van der Waals surface area (Å²) < 4.78 is 11.8. The maximum Gasteiger partial charge on any atom is 0.317 e. The molecule has 28 heavy (non-hydrogen) atoms. The predicted octanol–water partition coefficient (Wildman–Crippen LogP) is 5.62. The monoisotopic (exact) mass is 462 g/mol. The fraction of sp³-hybridized carbons (Fsp3) is 0.364. The number of esters is 1. The van der Waals surface area contributed by atoms with Gasteiger partial charge in [-0.25, -0.2) is 0 Å². The third-order valence-corrected chi connectivity index (χ3v) is 6.61. The van der Waals surface area contributed by atoms with Crippen molar-refractivity contribution in [2.75, 3.05) is 13.2 Å². The number of ether oxygens (including phenoxy) is 2. The number of halogens is 1. The lowest BCUT2D eigenvalue weighted by molar-refractivity contribution is -0.151. The molecule has 0 fully saturated rings. The minimum absolute atomic E-state index is 0.198. The number of carbonyl (C=O) groups excluding carboxylic acids is 2. The second kappa shape index (κ2) is 9.52. The van der Waals surface area contributed by atoms with Crippen molar-refractivity contribution in [3.8, 4) is 5.75 Å². The average Bonchev–Trinajstić information content (AvgIpc) is 3.12. The van der Waals surface area contributed by atoms with Crippen LogP contribution < -0.4 is 4.74 Å². The zero-order valence-corrected chi connectivity index (χ0v) is 18.3. The molecule has 1 aliphatic rings. The van der Waals surface area contributed by atoms with Gasteiger partial charge in [0.15, 0.2) is 5.78 Å². The molecule has 0 amide bonds. The normalized spacial score (nSPS) is 19.2. The standard InChI is InChI=1S/C22H23BrO4S/c1-3-10-27-16-7-5-14(6-8-16)17-12-15(21-18(23)9-11-28-21)13-19(24)20(17)22(25)26-4-2/h5-9,11,13,17,20H,3-4,10,12H2,1-2H3/t17-,20-/m0/s1. The molecule has 0 bridgehead atoms. The summed E-state index contributed by atoms with van der Waals surface area (Å²) in [6.45, 7) is 4.73. The first kappa shape index (κ1) is 20.8. The van der Waals surface area contributed by atoms with E-state index in [1.165, 1.54) is 0 Å². The smallest absolute Gasteiger partial charge is 0.317 e. The largest absolute Gasteiger partial charge is 0.494 e. The van der Waals surface area contributed by atoms with Crippen molar-refractivity contribution in [3.05, 3.63) is 56.7 Å². The van der Waals surface area contributed by atoms with Crippen LogP contribution in [0.25, 0.3) is 5.57 Å². The summed E-state index contributed by atoms with van der Waals surface area (Å²) in [6.07, 6.45) is 3.14. The molecular formula is C22H23BrO4S. The number of carbonyl (C=O) groups is 2. The number of hydrogen-bond acceptors (Lipinski definition) is 5. The van der Waals surface area contributed by atoms with E-state index in [2.05, 4.69) is 22.9 Å². The van der Waals surface area contributed by atoms with E-state index in [-0.39, 0.29) is 18.3 Å². The van der Waals surface area contributed by atoms with Crippen LogP contribution in [-0.4, -0.2) is 25.0 Å². The first-order valence-electron chi connectivity index (χ1n) is 9.42. The van der Waals surface area contributed by atoms with Crippen molar-refractivity contribution in [1.82, 2.24) is 0 Å². The van der Waals surface area contributed by atoms with Crippen LogP contribution in [0.3, 0.4) is 0 Å². The van der Waals surface area contributed by atoms with Crippen LogP contribution >= 0.6 is 27.3 Å². The first-order valence-corrected chi connectivity index (χ1v) is 11.1. The van der Waals surface area contributed by atoms with Crippen molar-refractivity contribution in [1.29, 1.82) is 0 Å². The number of benzene rings is 1. The Hall–Kier alpha value is -1.92. The van der Waals surface area contributed by atoms with Crippen LogP contribution in [0, 0.1) is 5.92 Å². The van der Waals surface area contributed by atoms with Gasteiger partial charge >= 0.3 is 5.97 Å². The lowest BCUT2D eigenvalue weighted by Crippen LogP contribution is -2.33. The molecule has 0 radical (unpaired) electrons. The van der Waals surface area contributed by atoms with E-state index >= 15 is 0 Å². The van der Waals surface area contributed by atoms with Crippen molar-refractivity contribution < 1.29 is 19.1 Å². The fourth-order valence-corrected chi connectivity index (χ4v) is 5.07. The Balaban J connectivity index is 1.94. The Bertz CT molecular complexity index is 869. The van der Waals surface area contributed by atoms with Crippen LogP contribution in [0.4, 0.5) is 0 Å². The third kappa shape index (κ3) is 4.55. The van der Waals surface area contributed by atoms with E-state index in [1.54, 1.807) is 24.3 Å². The molecule has 0 aliphatic heterocycles. The molecule has 0 saturated carbocycles. The second-order valence-corrected chi connectivity index (χ2v) is 8.40. The van der Waals surface area contributed by atoms with Crippen LogP contribution in [0.2, 0.25) is 0 Å². The van der Waals surface area contributed by atoms with Crippen LogP contribution in [-0.2, 0) is 14.3 Å². The number of hydrogen-bond donors (Lipinski definition) is 0. The summed E-state index contributed by atoms with van der Waals surface area (Å²) >= 11 is 5.13. The highest BCUT2D eigenvalue weighted by Crippen LogP contribution is 2.43. The minimum Gasteiger partial charge on any atom is -0.494 e. The average molecular weight is 463 g/mol. The molecule has 4 nitrogen and oxygen atoms in total. The van der Waals surface area contributed by atoms with E-state index in [1.807, 2.05) is 35.7 Å². The van der Waals surface area contributed by atoms with Crippen molar-refractivity contribution >= 4 is 44.6 Å². The zero-order chi connectivity index (χ0) is 20.1. The maximum absolute atomic E-state index is 12.9. The van der Waals surface area contributed by atoms with Crippen LogP contribution in [0.1, 0.15) is 43.0 Å². The molecule has 0 unspecified atom stereocenters. The molecule has 148 valence electrons. The Morgan fingerprint density at radius 2 is 1.96 bits per heavy atom. The molecule has 0 spiro atoms. The molecule has 6 heteroatoms. The second-order valence-electron chi connectivity index (χ2n) is 6.63. The highest BCUT2D eigenvalue weighted by Gasteiger charge is 2.40. The molecule has 2 atom stereocenters. The highest BCUT2D eigenvalue weighted by atomic mass is 79.9. The lowest BCUT2D eigenvalue weighted by Gasteiger charge is -2.29. The highest BCUT2D eigenvalue weighted by molar-refractivity contribution is 9.10. The van der Waals surface area contributed by atoms with Crippen molar-refractivity contribution in [2.24, 2.45) is 5.92 Å². The quantitative estimate of drug-likeness (QED) is 0.395. The predicted molar refractivity (Wildman–Crippen MR) is 115 cm³/mol. The lowest BCUT2D eigenvalue weighted by atomic mass is 9.74. The van der Waals surface area contributed by atoms with Crippen LogP contribution in [0.15, 0.2) is 46.3 Å². The van der Waals surface area contributed by atoms with Gasteiger partial charge in [0.2, 0.25) is 0 Å². The summed E-state index contributed by atoms with van der Waals surface area (Å²) in [4.78, 5) is 26.5. The van der Waals surface area contributed by atoms with Crippen molar-refractivity contribution in [3.63, 3.8) is 0 Å². The summed E-state index contributed by atoms with van der Waals surface area (Å²) in [7, 11) is 0. The van der Waals surface area contributed by atoms with E-state index < -0.39 is 11.9 Å². The first-order chi connectivity index (χ1) is 13.5. The van der Waals surface area contributed by atoms with Gasteiger partial charge in [0, 0.05) is 15.3 Å². The molecule has 0 N–H and O–H groups in total. The van der Waals surface area contributed by atoms with Gasteiger partial charge in [-0.1, -0.05) is 19.1 Å². The van der Waals surface area contributed by atoms with Gasteiger partial charge in [-0.2, -0.15) is 0 Å². The number of rotatable bonds is 7. The molecule has 1 heterocycles. The van der Waals surface area contributed by atoms with Gasteiger partial charge in [0.1, 0.15) is 11.7 Å².